The van der Waals surface area contributed by atoms with Gasteiger partial charge < -0.3 is 14.8 Å². The van der Waals surface area contributed by atoms with Crippen LogP contribution < -0.4 is 5.32 Å². The zero-order valence-electron chi connectivity index (χ0n) is 17.4. The highest BCUT2D eigenvalue weighted by atomic mass is 32.1. The van der Waals surface area contributed by atoms with Crippen LogP contribution in [-0.2, 0) is 23.9 Å². The summed E-state index contributed by atoms with van der Waals surface area (Å²) in [4.78, 5) is 44.6. The molecule has 31 heavy (non-hydrogen) atoms. The van der Waals surface area contributed by atoms with Crippen LogP contribution in [0.25, 0.3) is 0 Å². The number of dihydropyridines is 1. The maximum atomic E-state index is 13.8. The third-order valence-electron chi connectivity index (χ3n) is 5.77. The number of ether oxygens (including phenoxy) is 2. The predicted molar refractivity (Wildman–Crippen MR) is 114 cm³/mol. The lowest BCUT2D eigenvalue weighted by molar-refractivity contribution is -0.149. The third-order valence-corrected chi connectivity index (χ3v) is 6.78. The average Bonchev–Trinajstić information content (AvgIpc) is 3.32. The minimum atomic E-state index is -0.993. The van der Waals surface area contributed by atoms with Crippen LogP contribution in [-0.4, -0.2) is 36.9 Å². The van der Waals surface area contributed by atoms with Gasteiger partial charge in [0.15, 0.2) is 5.78 Å². The molecule has 4 rings (SSSR count). The van der Waals surface area contributed by atoms with Crippen LogP contribution in [0.1, 0.15) is 35.8 Å². The van der Waals surface area contributed by atoms with Gasteiger partial charge in [0.05, 0.1) is 31.4 Å². The fourth-order valence-electron chi connectivity index (χ4n) is 4.42. The Morgan fingerprint density at radius 1 is 1.16 bits per heavy atom. The summed E-state index contributed by atoms with van der Waals surface area (Å²) in [6, 6.07) is 9.15. The van der Waals surface area contributed by atoms with E-state index in [1.165, 1.54) is 25.6 Å². The van der Waals surface area contributed by atoms with Crippen molar-refractivity contribution >= 4 is 29.1 Å². The summed E-state index contributed by atoms with van der Waals surface area (Å²) in [5.74, 6) is -3.55. The molecule has 0 spiro atoms. The first-order chi connectivity index (χ1) is 15.0. The fraction of sp³-hybridized carbons (Fsp3) is 0.304. The molecular weight excluding hydrogens is 416 g/mol. The number of carbonyl (C=O) groups is 3. The molecule has 0 amide bonds. The van der Waals surface area contributed by atoms with Gasteiger partial charge in [0, 0.05) is 34.0 Å². The molecule has 2 aliphatic rings. The topological polar surface area (TPSA) is 94.6 Å². The first kappa shape index (κ1) is 21.0. The SMILES string of the molecule is COC(=O)C1=C(C)NC2=C(C(=O)C(C(=O)OC)C(c3cccs3)C2)C1c1ccccn1. The van der Waals surface area contributed by atoms with Gasteiger partial charge >= 0.3 is 11.9 Å². The Kier molecular flexibility index (Phi) is 5.73. The number of hydrogen-bond donors (Lipinski definition) is 1. The fourth-order valence-corrected chi connectivity index (χ4v) is 5.29. The Hall–Kier alpha value is -3.26. The summed E-state index contributed by atoms with van der Waals surface area (Å²) < 4.78 is 10.0. The number of allylic oxidation sites excluding steroid dienone is 3. The van der Waals surface area contributed by atoms with Gasteiger partial charge in [0.1, 0.15) is 5.92 Å². The van der Waals surface area contributed by atoms with Crippen LogP contribution in [0.4, 0.5) is 0 Å². The summed E-state index contributed by atoms with van der Waals surface area (Å²) in [6.07, 6.45) is 2.05. The number of hydrogen-bond acceptors (Lipinski definition) is 8. The molecule has 0 bridgehead atoms. The van der Waals surface area contributed by atoms with E-state index in [-0.39, 0.29) is 11.7 Å². The Bertz CT molecular complexity index is 1090. The zero-order valence-corrected chi connectivity index (χ0v) is 18.2. The third kappa shape index (κ3) is 3.57. The number of aromatic nitrogens is 1. The van der Waals surface area contributed by atoms with Crippen molar-refractivity contribution in [1.29, 1.82) is 0 Å². The normalized spacial score (nSPS) is 23.2. The molecule has 8 heteroatoms. The van der Waals surface area contributed by atoms with Gasteiger partial charge in [-0.1, -0.05) is 12.1 Å². The minimum absolute atomic E-state index is 0.312. The maximum Gasteiger partial charge on any atom is 0.336 e. The Labute approximate surface area is 183 Å². The Morgan fingerprint density at radius 2 is 1.97 bits per heavy atom. The molecule has 2 aromatic rings. The summed E-state index contributed by atoms with van der Waals surface area (Å²) in [7, 11) is 2.58. The standard InChI is InChI=1S/C23H22N2O5S/c1-12-17(22(27)29-2)19(14-7-4-5-9-24-14)20-15(25-12)11-13(16-8-6-10-31-16)18(21(20)26)23(28)30-3/h4-10,13,18-19,25H,11H2,1-3H3. The molecular formula is C23H22N2O5S. The monoisotopic (exact) mass is 438 g/mol. The highest BCUT2D eigenvalue weighted by molar-refractivity contribution is 7.10. The van der Waals surface area contributed by atoms with Crippen LogP contribution in [0, 0.1) is 5.92 Å². The van der Waals surface area contributed by atoms with Crippen molar-refractivity contribution in [3.63, 3.8) is 0 Å². The van der Waals surface area contributed by atoms with Crippen LogP contribution in [0.15, 0.2) is 64.4 Å². The number of thiophene rings is 1. The van der Waals surface area contributed by atoms with Gasteiger partial charge in [0.25, 0.3) is 0 Å². The molecule has 0 saturated carbocycles. The Morgan fingerprint density at radius 3 is 2.58 bits per heavy atom. The zero-order chi connectivity index (χ0) is 22.1. The number of nitrogens with zero attached hydrogens (tertiary/aromatic N) is 1. The number of Topliss-reactive ketones (excluding diaryl/α,β-unsaturated/α-hetero) is 1. The van der Waals surface area contributed by atoms with Gasteiger partial charge in [-0.25, -0.2) is 4.79 Å². The van der Waals surface area contributed by atoms with Crippen LogP contribution >= 0.6 is 11.3 Å². The molecule has 3 atom stereocenters. The predicted octanol–water partition coefficient (Wildman–Crippen LogP) is 3.08. The van der Waals surface area contributed by atoms with Gasteiger partial charge in [-0.3, -0.25) is 14.6 Å². The number of pyridine rings is 1. The number of ketones is 1. The molecule has 0 aromatic carbocycles. The van der Waals surface area contributed by atoms with E-state index in [9.17, 15) is 14.4 Å². The lowest BCUT2D eigenvalue weighted by Crippen LogP contribution is -2.43. The smallest absolute Gasteiger partial charge is 0.336 e. The van der Waals surface area contributed by atoms with E-state index in [4.69, 9.17) is 9.47 Å². The van der Waals surface area contributed by atoms with Crippen molar-refractivity contribution in [3.8, 4) is 0 Å². The van der Waals surface area contributed by atoms with Crippen molar-refractivity contribution in [2.75, 3.05) is 14.2 Å². The summed E-state index contributed by atoms with van der Waals surface area (Å²) >= 11 is 1.50. The van der Waals surface area contributed by atoms with Crippen molar-refractivity contribution < 1.29 is 23.9 Å². The summed E-state index contributed by atoms with van der Waals surface area (Å²) in [5.41, 5.74) is 2.53. The molecule has 0 radical (unpaired) electrons. The number of esters is 2. The minimum Gasteiger partial charge on any atom is -0.468 e. The quantitative estimate of drug-likeness (QED) is 0.579. The number of carbonyl (C=O) groups excluding carboxylic acids is 3. The van der Waals surface area contributed by atoms with Crippen LogP contribution in [0.3, 0.4) is 0 Å². The molecule has 0 fully saturated rings. The van der Waals surface area contributed by atoms with E-state index in [0.717, 1.165) is 4.88 Å². The second-order valence-corrected chi connectivity index (χ2v) is 8.41. The van der Waals surface area contributed by atoms with Gasteiger partial charge in [-0.15, -0.1) is 11.3 Å². The van der Waals surface area contributed by atoms with E-state index in [0.29, 0.717) is 34.7 Å². The molecule has 2 aromatic heterocycles. The largest absolute Gasteiger partial charge is 0.468 e. The van der Waals surface area contributed by atoms with E-state index >= 15 is 0 Å². The molecule has 0 saturated heterocycles. The second-order valence-electron chi connectivity index (χ2n) is 7.43. The first-order valence-electron chi connectivity index (χ1n) is 9.83. The number of rotatable bonds is 4. The van der Waals surface area contributed by atoms with Gasteiger partial charge in [-0.05, 0) is 36.9 Å². The molecule has 1 aliphatic carbocycles. The molecule has 3 heterocycles. The van der Waals surface area contributed by atoms with Gasteiger partial charge in [0.2, 0.25) is 0 Å². The number of methoxy groups -OCH3 is 2. The van der Waals surface area contributed by atoms with Crippen LogP contribution in [0.5, 0.6) is 0 Å². The van der Waals surface area contributed by atoms with Gasteiger partial charge in [-0.2, -0.15) is 0 Å². The van der Waals surface area contributed by atoms with Crippen LogP contribution in [0.2, 0.25) is 0 Å². The maximum absolute atomic E-state index is 13.8. The highest BCUT2D eigenvalue weighted by Crippen LogP contribution is 2.48. The van der Waals surface area contributed by atoms with Crippen molar-refractivity contribution in [2.24, 2.45) is 5.92 Å². The lowest BCUT2D eigenvalue weighted by Gasteiger charge is -2.38. The summed E-state index contributed by atoms with van der Waals surface area (Å²) in [6.45, 7) is 1.78. The van der Waals surface area contributed by atoms with E-state index in [2.05, 4.69) is 10.3 Å². The average molecular weight is 439 g/mol. The van der Waals surface area contributed by atoms with Crippen molar-refractivity contribution in [3.05, 3.63) is 75.0 Å². The summed E-state index contributed by atoms with van der Waals surface area (Å²) in [5, 5.41) is 5.17. The Balaban J connectivity index is 1.90. The molecule has 1 N–H and O–H groups in total. The van der Waals surface area contributed by atoms with E-state index < -0.39 is 23.8 Å². The van der Waals surface area contributed by atoms with E-state index in [1.807, 2.05) is 17.5 Å². The first-order valence-corrected chi connectivity index (χ1v) is 10.7. The highest BCUT2D eigenvalue weighted by Gasteiger charge is 2.49. The lowest BCUT2D eigenvalue weighted by atomic mass is 9.69. The second kappa shape index (κ2) is 8.47. The van der Waals surface area contributed by atoms with Crippen molar-refractivity contribution in [2.45, 2.75) is 25.2 Å². The number of nitrogens with one attached hydrogen (secondary N) is 1. The van der Waals surface area contributed by atoms with Crippen molar-refractivity contribution in [1.82, 2.24) is 10.3 Å². The molecule has 160 valence electrons. The molecule has 3 unspecified atom stereocenters. The van der Waals surface area contributed by atoms with E-state index in [1.54, 1.807) is 31.3 Å². The molecule has 7 nitrogen and oxygen atoms in total. The molecule has 1 aliphatic heterocycles.